The molecule has 0 radical (unpaired) electrons. The number of esters is 1. The third-order valence-corrected chi connectivity index (χ3v) is 6.92. The molecule has 0 aromatic heterocycles. The minimum Gasteiger partial charge on any atom is -0.480 e. The molecule has 1 saturated heterocycles. The summed E-state index contributed by atoms with van der Waals surface area (Å²) in [7, 11) is 0. The maximum atomic E-state index is 12.9. The Kier molecular flexibility index (Phi) is 10.8. The highest BCUT2D eigenvalue weighted by Crippen LogP contribution is 2.23. The first-order valence-corrected chi connectivity index (χ1v) is 13.7. The Labute approximate surface area is 235 Å². The van der Waals surface area contributed by atoms with Crippen LogP contribution in [-0.2, 0) is 30.3 Å². The van der Waals surface area contributed by atoms with Gasteiger partial charge in [0.15, 0.2) is 6.10 Å². The number of carbonyl (C=O) groups is 4. The molecule has 10 nitrogen and oxygen atoms in total. The average molecular weight is 553 g/mol. The van der Waals surface area contributed by atoms with Crippen molar-refractivity contribution in [3.8, 4) is 11.1 Å². The molecule has 0 bridgehead atoms. The second-order valence-corrected chi connectivity index (χ2v) is 10.6. The maximum absolute atomic E-state index is 12.9. The molecular formula is C30H40N4O6. The molecule has 0 spiro atoms. The lowest BCUT2D eigenvalue weighted by molar-refractivity contribution is -0.159. The molecule has 2 amide bonds. The number of nitrogens with zero attached hydrogens (tertiary/aromatic N) is 1. The van der Waals surface area contributed by atoms with Gasteiger partial charge in [0.2, 0.25) is 0 Å². The first-order valence-electron chi connectivity index (χ1n) is 13.7. The number of hydrogen-bond donors (Lipinski definition) is 4. The van der Waals surface area contributed by atoms with Crippen molar-refractivity contribution < 1.29 is 29.0 Å². The van der Waals surface area contributed by atoms with Gasteiger partial charge in [0.25, 0.3) is 11.8 Å². The molecule has 1 fully saturated rings. The minimum absolute atomic E-state index is 0.0519. The highest BCUT2D eigenvalue weighted by Gasteiger charge is 2.33. The van der Waals surface area contributed by atoms with Crippen molar-refractivity contribution in [1.29, 1.82) is 0 Å². The van der Waals surface area contributed by atoms with E-state index in [1.807, 2.05) is 49.4 Å². The number of aryl methyl sites for hydroxylation is 1. The smallest absolute Gasteiger partial charge is 0.322 e. The van der Waals surface area contributed by atoms with Crippen molar-refractivity contribution in [3.63, 3.8) is 0 Å². The highest BCUT2D eigenvalue weighted by molar-refractivity contribution is 5.90. The van der Waals surface area contributed by atoms with Crippen LogP contribution in [0.1, 0.15) is 64.1 Å². The number of hydrogen-bond acceptors (Lipinski definition) is 7. The fourth-order valence-corrected chi connectivity index (χ4v) is 4.52. The van der Waals surface area contributed by atoms with Crippen molar-refractivity contribution >= 4 is 23.8 Å². The van der Waals surface area contributed by atoms with Gasteiger partial charge in [-0.1, -0.05) is 56.3 Å². The normalized spacial score (nSPS) is 17.6. The number of hydrazine groups is 1. The van der Waals surface area contributed by atoms with Gasteiger partial charge in [0, 0.05) is 19.0 Å². The lowest BCUT2D eigenvalue weighted by Crippen LogP contribution is -2.60. The van der Waals surface area contributed by atoms with E-state index >= 15 is 0 Å². The van der Waals surface area contributed by atoms with Gasteiger partial charge in [-0.05, 0) is 67.3 Å². The predicted molar refractivity (Wildman–Crippen MR) is 151 cm³/mol. The molecule has 3 unspecified atom stereocenters. The van der Waals surface area contributed by atoms with Gasteiger partial charge in [-0.25, -0.2) is 5.43 Å². The van der Waals surface area contributed by atoms with Crippen LogP contribution in [0, 0.1) is 5.92 Å². The zero-order chi connectivity index (χ0) is 29.4. The third kappa shape index (κ3) is 8.37. The van der Waals surface area contributed by atoms with Crippen LogP contribution in [0.15, 0.2) is 48.5 Å². The second-order valence-electron chi connectivity index (χ2n) is 10.6. The van der Waals surface area contributed by atoms with E-state index in [4.69, 9.17) is 10.5 Å². The molecule has 0 saturated carbocycles. The first-order chi connectivity index (χ1) is 19.0. The van der Waals surface area contributed by atoms with E-state index in [1.165, 1.54) is 11.9 Å². The number of carbonyl (C=O) groups excluding carboxylic acids is 3. The third-order valence-electron chi connectivity index (χ3n) is 6.92. The standard InChI is InChI=1S/C30H40N4O6/c1-18(2)27(28(36)32-20(4)29(37)34-16-6-9-25(33-34)30(38)39)40-26(35)15-12-21-10-13-22(14-11-21)24-8-5-7-23(17-24)19(3)31/h5,7-8,10-11,13-14,17-20,25,27,33H,6,9,12,15-16,31H2,1-4H3,(H,32,36)(H,38,39)/t19-,20?,25?,27?/m1/s1. The molecule has 1 aliphatic heterocycles. The average Bonchev–Trinajstić information content (AvgIpc) is 2.94. The van der Waals surface area contributed by atoms with Gasteiger partial charge >= 0.3 is 11.9 Å². The monoisotopic (exact) mass is 552 g/mol. The Morgan fingerprint density at radius 3 is 2.40 bits per heavy atom. The fourth-order valence-electron chi connectivity index (χ4n) is 4.52. The first kappa shape index (κ1) is 30.8. The van der Waals surface area contributed by atoms with Gasteiger partial charge in [0.1, 0.15) is 12.1 Å². The summed E-state index contributed by atoms with van der Waals surface area (Å²) in [6, 6.07) is 14.2. The Bertz CT molecular complexity index is 1200. The van der Waals surface area contributed by atoms with E-state index in [0.29, 0.717) is 25.8 Å². The molecule has 4 atom stereocenters. The molecule has 5 N–H and O–H groups in total. The summed E-state index contributed by atoms with van der Waals surface area (Å²) in [5, 5.41) is 13.1. The summed E-state index contributed by atoms with van der Waals surface area (Å²) in [5.74, 6) is -2.90. The number of aliphatic carboxylic acids is 1. The van der Waals surface area contributed by atoms with E-state index in [1.54, 1.807) is 13.8 Å². The number of carboxylic acids is 1. The number of rotatable bonds is 11. The molecule has 40 heavy (non-hydrogen) atoms. The molecule has 10 heteroatoms. The summed E-state index contributed by atoms with van der Waals surface area (Å²) >= 11 is 0. The van der Waals surface area contributed by atoms with Crippen LogP contribution >= 0.6 is 0 Å². The molecular weight excluding hydrogens is 512 g/mol. The minimum atomic E-state index is -1.07. The zero-order valence-electron chi connectivity index (χ0n) is 23.6. The van der Waals surface area contributed by atoms with Crippen LogP contribution in [0.25, 0.3) is 11.1 Å². The largest absolute Gasteiger partial charge is 0.480 e. The van der Waals surface area contributed by atoms with Crippen LogP contribution in [0.2, 0.25) is 0 Å². The van der Waals surface area contributed by atoms with Crippen molar-refractivity contribution in [1.82, 2.24) is 15.8 Å². The maximum Gasteiger partial charge on any atom is 0.322 e. The molecule has 2 aromatic rings. The van der Waals surface area contributed by atoms with Crippen LogP contribution in [0.5, 0.6) is 0 Å². The summed E-state index contributed by atoms with van der Waals surface area (Å²) in [6.07, 6.45) is 0.428. The van der Waals surface area contributed by atoms with Crippen LogP contribution < -0.4 is 16.5 Å². The Balaban J connectivity index is 1.52. The predicted octanol–water partition coefficient (Wildman–Crippen LogP) is 2.96. The number of nitrogens with two attached hydrogens (primary N) is 1. The van der Waals surface area contributed by atoms with E-state index in [9.17, 15) is 24.3 Å². The van der Waals surface area contributed by atoms with Gasteiger partial charge in [-0.15, -0.1) is 0 Å². The number of ether oxygens (including phenoxy) is 1. The lowest BCUT2D eigenvalue weighted by atomic mass is 9.99. The Morgan fingerprint density at radius 2 is 1.77 bits per heavy atom. The molecule has 3 rings (SSSR count). The zero-order valence-corrected chi connectivity index (χ0v) is 23.6. The molecule has 0 aliphatic carbocycles. The molecule has 216 valence electrons. The number of carboxylic acid groups (broad SMARTS) is 1. The van der Waals surface area contributed by atoms with E-state index < -0.39 is 41.9 Å². The Morgan fingerprint density at radius 1 is 1.07 bits per heavy atom. The van der Waals surface area contributed by atoms with Crippen molar-refractivity contribution in [2.75, 3.05) is 6.54 Å². The number of amides is 2. The molecule has 2 aromatic carbocycles. The quantitative estimate of drug-likeness (QED) is 0.311. The van der Waals surface area contributed by atoms with E-state index in [-0.39, 0.29) is 18.4 Å². The van der Waals surface area contributed by atoms with E-state index in [2.05, 4.69) is 16.8 Å². The van der Waals surface area contributed by atoms with E-state index in [0.717, 1.165) is 22.3 Å². The summed E-state index contributed by atoms with van der Waals surface area (Å²) in [6.45, 7) is 7.31. The summed E-state index contributed by atoms with van der Waals surface area (Å²) in [5.41, 5.74) is 12.8. The number of nitrogens with one attached hydrogen (secondary N) is 2. The van der Waals surface area contributed by atoms with Crippen LogP contribution in [-0.4, -0.2) is 58.6 Å². The van der Waals surface area contributed by atoms with Crippen molar-refractivity contribution in [2.45, 2.75) is 77.6 Å². The Hall–Kier alpha value is -3.76. The van der Waals surface area contributed by atoms with Gasteiger partial charge in [0.05, 0.1) is 0 Å². The summed E-state index contributed by atoms with van der Waals surface area (Å²) in [4.78, 5) is 49.6. The van der Waals surface area contributed by atoms with Crippen LogP contribution in [0.4, 0.5) is 0 Å². The van der Waals surface area contributed by atoms with Crippen LogP contribution in [0.3, 0.4) is 0 Å². The van der Waals surface area contributed by atoms with Gasteiger partial charge in [-0.3, -0.25) is 24.2 Å². The highest BCUT2D eigenvalue weighted by atomic mass is 16.5. The fraction of sp³-hybridized carbons (Fsp3) is 0.467. The second kappa shape index (κ2) is 14.0. The van der Waals surface area contributed by atoms with Crippen molar-refractivity contribution in [3.05, 3.63) is 59.7 Å². The van der Waals surface area contributed by atoms with Crippen molar-refractivity contribution in [2.24, 2.45) is 11.7 Å². The van der Waals surface area contributed by atoms with Gasteiger partial charge < -0.3 is 20.9 Å². The number of benzene rings is 2. The van der Waals surface area contributed by atoms with Gasteiger partial charge in [-0.2, -0.15) is 0 Å². The topological polar surface area (TPSA) is 151 Å². The molecule has 1 heterocycles. The SMILES string of the molecule is CC(NC(=O)C(OC(=O)CCc1ccc(-c2cccc([C@@H](C)N)c2)cc1)C(C)C)C(=O)N1CCCC(C(=O)O)N1. The molecule has 1 aliphatic rings. The lowest BCUT2D eigenvalue weighted by Gasteiger charge is -2.34. The summed E-state index contributed by atoms with van der Waals surface area (Å²) < 4.78 is 5.52.